The lowest BCUT2D eigenvalue weighted by molar-refractivity contribution is 0.906. The van der Waals surface area contributed by atoms with Gasteiger partial charge in [0.15, 0.2) is 0 Å². The molecule has 2 N–H and O–H groups in total. The van der Waals surface area contributed by atoms with Crippen molar-refractivity contribution in [1.29, 1.82) is 0 Å². The zero-order valence-corrected chi connectivity index (χ0v) is 5.19. The molecule has 44 valence electrons. The highest BCUT2D eigenvalue weighted by Crippen LogP contribution is 1.95. The van der Waals surface area contributed by atoms with Crippen molar-refractivity contribution in [2.24, 2.45) is 5.73 Å². The van der Waals surface area contributed by atoms with E-state index in [2.05, 4.69) is 9.59 Å². The van der Waals surface area contributed by atoms with E-state index < -0.39 is 0 Å². The Labute approximate surface area is 51.7 Å². The lowest BCUT2D eigenvalue weighted by Gasteiger charge is -1.83. The maximum atomic E-state index is 5.26. The molecule has 3 nitrogen and oxygen atoms in total. The molecular formula is C4H7N3S. The quantitative estimate of drug-likeness (QED) is 0.613. The summed E-state index contributed by atoms with van der Waals surface area (Å²) in [4.78, 5) is 0. The molecule has 0 aromatic carbocycles. The molecule has 0 atom stereocenters. The van der Waals surface area contributed by atoms with E-state index >= 15 is 0 Å². The first-order valence-corrected chi connectivity index (χ1v) is 3.23. The summed E-state index contributed by atoms with van der Waals surface area (Å²) < 4.78 is 3.68. The van der Waals surface area contributed by atoms with Gasteiger partial charge in [0, 0.05) is 11.8 Å². The second kappa shape index (κ2) is 2.74. The average Bonchev–Trinajstić information content (AvgIpc) is 2.19. The van der Waals surface area contributed by atoms with Crippen LogP contribution in [-0.2, 0) is 6.42 Å². The first-order chi connectivity index (χ1) is 3.93. The fourth-order valence-corrected chi connectivity index (χ4v) is 0.927. The van der Waals surface area contributed by atoms with Crippen LogP contribution in [-0.4, -0.2) is 16.1 Å². The molecule has 0 amide bonds. The standard InChI is InChI=1S/C4H7N3S/c5-2-1-4-3-8-7-6-4/h3H,1-2,5H2. The lowest BCUT2D eigenvalue weighted by Crippen LogP contribution is -2.02. The topological polar surface area (TPSA) is 51.8 Å². The molecule has 0 spiro atoms. The number of nitrogens with two attached hydrogens (primary N) is 1. The summed E-state index contributed by atoms with van der Waals surface area (Å²) in [5.41, 5.74) is 6.25. The monoisotopic (exact) mass is 129 g/mol. The van der Waals surface area contributed by atoms with Crippen molar-refractivity contribution in [3.05, 3.63) is 11.1 Å². The predicted octanol–water partition coefficient (Wildman–Crippen LogP) is 0.0393. The van der Waals surface area contributed by atoms with Gasteiger partial charge in [-0.2, -0.15) is 0 Å². The van der Waals surface area contributed by atoms with E-state index in [-0.39, 0.29) is 0 Å². The van der Waals surface area contributed by atoms with Crippen LogP contribution in [0.5, 0.6) is 0 Å². The molecule has 0 aliphatic carbocycles. The third-order valence-corrected chi connectivity index (χ3v) is 1.36. The van der Waals surface area contributed by atoms with Crippen LogP contribution in [0, 0.1) is 0 Å². The summed E-state index contributed by atoms with van der Waals surface area (Å²) in [7, 11) is 0. The van der Waals surface area contributed by atoms with Gasteiger partial charge in [-0.05, 0) is 18.1 Å². The van der Waals surface area contributed by atoms with Gasteiger partial charge >= 0.3 is 0 Å². The van der Waals surface area contributed by atoms with Gasteiger partial charge in [-0.25, -0.2) is 0 Å². The van der Waals surface area contributed by atoms with Gasteiger partial charge in [-0.15, -0.1) is 5.10 Å². The Bertz CT molecular complexity index is 137. The Morgan fingerprint density at radius 3 is 3.12 bits per heavy atom. The van der Waals surface area contributed by atoms with E-state index in [1.54, 1.807) is 0 Å². The fourth-order valence-electron chi connectivity index (χ4n) is 0.441. The molecule has 0 saturated heterocycles. The second-order valence-electron chi connectivity index (χ2n) is 1.43. The van der Waals surface area contributed by atoms with Crippen molar-refractivity contribution < 1.29 is 0 Å². The zero-order chi connectivity index (χ0) is 5.82. The van der Waals surface area contributed by atoms with Crippen molar-refractivity contribution in [3.8, 4) is 0 Å². The Morgan fingerprint density at radius 2 is 2.62 bits per heavy atom. The van der Waals surface area contributed by atoms with Crippen LogP contribution >= 0.6 is 11.5 Å². The Hall–Kier alpha value is -0.480. The highest BCUT2D eigenvalue weighted by atomic mass is 32.1. The van der Waals surface area contributed by atoms with Crippen LogP contribution in [0.1, 0.15) is 5.69 Å². The van der Waals surface area contributed by atoms with Crippen molar-refractivity contribution in [2.75, 3.05) is 6.54 Å². The van der Waals surface area contributed by atoms with Crippen LogP contribution in [0.4, 0.5) is 0 Å². The number of rotatable bonds is 2. The summed E-state index contributed by atoms with van der Waals surface area (Å²) in [6, 6.07) is 0. The van der Waals surface area contributed by atoms with E-state index in [1.165, 1.54) is 11.5 Å². The lowest BCUT2D eigenvalue weighted by atomic mass is 10.4. The molecule has 0 unspecified atom stereocenters. The molecule has 0 fully saturated rings. The summed E-state index contributed by atoms with van der Waals surface area (Å²) in [6.07, 6.45) is 0.844. The van der Waals surface area contributed by atoms with Crippen LogP contribution in [0.15, 0.2) is 5.38 Å². The van der Waals surface area contributed by atoms with Gasteiger partial charge < -0.3 is 5.73 Å². The minimum Gasteiger partial charge on any atom is -0.330 e. The number of nitrogens with zero attached hydrogens (tertiary/aromatic N) is 2. The normalized spacial score (nSPS) is 9.62. The fraction of sp³-hybridized carbons (Fsp3) is 0.500. The third-order valence-electron chi connectivity index (χ3n) is 0.806. The van der Waals surface area contributed by atoms with Crippen molar-refractivity contribution >= 4 is 11.5 Å². The molecule has 0 aliphatic heterocycles. The molecule has 8 heavy (non-hydrogen) atoms. The van der Waals surface area contributed by atoms with Gasteiger partial charge in [-0.3, -0.25) is 0 Å². The second-order valence-corrected chi connectivity index (χ2v) is 2.04. The first kappa shape index (κ1) is 5.65. The maximum Gasteiger partial charge on any atom is 0.0768 e. The smallest absolute Gasteiger partial charge is 0.0768 e. The first-order valence-electron chi connectivity index (χ1n) is 2.39. The summed E-state index contributed by atoms with van der Waals surface area (Å²) >= 11 is 1.36. The van der Waals surface area contributed by atoms with Crippen LogP contribution in [0.2, 0.25) is 0 Å². The van der Waals surface area contributed by atoms with Crippen LogP contribution < -0.4 is 5.73 Å². The van der Waals surface area contributed by atoms with Crippen LogP contribution in [0.25, 0.3) is 0 Å². The summed E-state index contributed by atoms with van der Waals surface area (Å²) in [5, 5.41) is 5.70. The molecule has 1 rings (SSSR count). The summed E-state index contributed by atoms with van der Waals surface area (Å²) in [5.74, 6) is 0. The van der Waals surface area contributed by atoms with E-state index in [0.29, 0.717) is 6.54 Å². The average molecular weight is 129 g/mol. The van der Waals surface area contributed by atoms with Crippen molar-refractivity contribution in [3.63, 3.8) is 0 Å². The van der Waals surface area contributed by atoms with Gasteiger partial charge in [0.1, 0.15) is 0 Å². The Kier molecular flexibility index (Phi) is 1.93. The maximum absolute atomic E-state index is 5.26. The van der Waals surface area contributed by atoms with Gasteiger partial charge in [0.25, 0.3) is 0 Å². The highest BCUT2D eigenvalue weighted by molar-refractivity contribution is 7.03. The Morgan fingerprint density at radius 1 is 1.75 bits per heavy atom. The van der Waals surface area contributed by atoms with E-state index in [0.717, 1.165) is 12.1 Å². The van der Waals surface area contributed by atoms with Crippen molar-refractivity contribution in [1.82, 2.24) is 9.59 Å². The van der Waals surface area contributed by atoms with Gasteiger partial charge in [0.2, 0.25) is 0 Å². The summed E-state index contributed by atoms with van der Waals surface area (Å²) in [6.45, 7) is 0.658. The molecule has 1 aromatic rings. The number of hydrogen-bond acceptors (Lipinski definition) is 4. The van der Waals surface area contributed by atoms with Gasteiger partial charge in [-0.1, -0.05) is 4.49 Å². The van der Waals surface area contributed by atoms with Crippen molar-refractivity contribution in [2.45, 2.75) is 6.42 Å². The minimum absolute atomic E-state index is 0.658. The third kappa shape index (κ3) is 1.24. The molecule has 0 aliphatic rings. The molecule has 0 bridgehead atoms. The van der Waals surface area contributed by atoms with E-state index in [9.17, 15) is 0 Å². The largest absolute Gasteiger partial charge is 0.330 e. The Balaban J connectivity index is 2.50. The van der Waals surface area contributed by atoms with Gasteiger partial charge in [0.05, 0.1) is 5.69 Å². The molecular weight excluding hydrogens is 122 g/mol. The SMILES string of the molecule is NCCc1csnn1. The zero-order valence-electron chi connectivity index (χ0n) is 4.37. The van der Waals surface area contributed by atoms with E-state index in [1.807, 2.05) is 5.38 Å². The minimum atomic E-state index is 0.658. The molecule has 1 heterocycles. The molecule has 4 heteroatoms. The molecule has 0 saturated carbocycles. The van der Waals surface area contributed by atoms with E-state index in [4.69, 9.17) is 5.73 Å². The molecule has 0 radical (unpaired) electrons. The molecule has 1 aromatic heterocycles. The highest BCUT2D eigenvalue weighted by Gasteiger charge is 1.90. The van der Waals surface area contributed by atoms with Crippen LogP contribution in [0.3, 0.4) is 0 Å². The predicted molar refractivity (Wildman–Crippen MR) is 32.7 cm³/mol. The number of hydrogen-bond donors (Lipinski definition) is 1. The number of aromatic nitrogens is 2.